The molecule has 3 heterocycles. The minimum Gasteiger partial charge on any atom is -0.381 e. The second-order valence-electron chi connectivity index (χ2n) is 5.71. The normalized spacial score (nSPS) is 16.5. The Kier molecular flexibility index (Phi) is 3.46. The summed E-state index contributed by atoms with van der Waals surface area (Å²) in [5.74, 6) is -0.401. The van der Waals surface area contributed by atoms with Gasteiger partial charge in [-0.25, -0.2) is 9.18 Å². The van der Waals surface area contributed by atoms with Gasteiger partial charge in [-0.2, -0.15) is 0 Å². The predicted molar refractivity (Wildman–Crippen MR) is 87.0 cm³/mol. The lowest BCUT2D eigenvalue weighted by atomic mass is 10.1. The molecule has 23 heavy (non-hydrogen) atoms. The molecule has 120 valence electrons. The third-order valence-corrected chi connectivity index (χ3v) is 4.97. The number of halogens is 2. The summed E-state index contributed by atoms with van der Waals surface area (Å²) in [6.45, 7) is 1.25. The molecular formula is C15H14BrFN4O2. The van der Waals surface area contributed by atoms with Crippen LogP contribution in [0.1, 0.15) is 18.9 Å². The van der Waals surface area contributed by atoms with E-state index in [-0.39, 0.29) is 11.7 Å². The molecule has 1 aliphatic rings. The maximum Gasteiger partial charge on any atom is 0.330 e. The number of rotatable bonds is 1. The van der Waals surface area contributed by atoms with Crippen molar-refractivity contribution in [2.75, 3.05) is 13.2 Å². The van der Waals surface area contributed by atoms with Gasteiger partial charge in [0.25, 0.3) is 0 Å². The van der Waals surface area contributed by atoms with Crippen LogP contribution in [0.4, 0.5) is 4.39 Å². The van der Waals surface area contributed by atoms with Gasteiger partial charge in [-0.05, 0) is 34.8 Å². The van der Waals surface area contributed by atoms with Crippen LogP contribution in [0.3, 0.4) is 0 Å². The number of fused-ring (bicyclic) bond motifs is 3. The predicted octanol–water partition coefficient (Wildman–Crippen LogP) is 2.54. The van der Waals surface area contributed by atoms with Gasteiger partial charge >= 0.3 is 5.69 Å². The van der Waals surface area contributed by atoms with Crippen LogP contribution in [0.15, 0.2) is 21.4 Å². The number of ether oxygens (including phenoxy) is 1. The maximum absolute atomic E-state index is 13.8. The maximum atomic E-state index is 13.8. The van der Waals surface area contributed by atoms with Gasteiger partial charge in [-0.1, -0.05) is 0 Å². The highest BCUT2D eigenvalue weighted by Gasteiger charge is 2.24. The van der Waals surface area contributed by atoms with Crippen molar-refractivity contribution in [2.24, 2.45) is 7.05 Å². The van der Waals surface area contributed by atoms with E-state index in [0.29, 0.717) is 39.8 Å². The molecule has 0 unspecified atom stereocenters. The molecular weight excluding hydrogens is 367 g/mol. The van der Waals surface area contributed by atoms with Gasteiger partial charge in [0.1, 0.15) is 11.3 Å². The molecule has 0 aliphatic carbocycles. The first-order valence-corrected chi connectivity index (χ1v) is 8.17. The molecule has 1 saturated heterocycles. The van der Waals surface area contributed by atoms with Gasteiger partial charge in [-0.3, -0.25) is 9.13 Å². The first-order chi connectivity index (χ1) is 11.1. The van der Waals surface area contributed by atoms with Crippen molar-refractivity contribution in [1.82, 2.24) is 19.3 Å². The van der Waals surface area contributed by atoms with Crippen molar-refractivity contribution < 1.29 is 9.13 Å². The fourth-order valence-electron chi connectivity index (χ4n) is 3.17. The van der Waals surface area contributed by atoms with Gasteiger partial charge in [-0.15, -0.1) is 10.2 Å². The molecule has 0 N–H and O–H groups in total. The molecule has 1 fully saturated rings. The van der Waals surface area contributed by atoms with Crippen LogP contribution in [0.2, 0.25) is 0 Å². The van der Waals surface area contributed by atoms with Gasteiger partial charge in [0.15, 0.2) is 5.65 Å². The van der Waals surface area contributed by atoms with Crippen LogP contribution in [0.25, 0.3) is 22.1 Å². The van der Waals surface area contributed by atoms with E-state index in [4.69, 9.17) is 4.74 Å². The van der Waals surface area contributed by atoms with Crippen molar-refractivity contribution in [3.63, 3.8) is 0 Å². The summed E-state index contributed by atoms with van der Waals surface area (Å²) in [5, 5.41) is 8.91. The van der Waals surface area contributed by atoms with Gasteiger partial charge in [0.2, 0.25) is 0 Å². The van der Waals surface area contributed by atoms with Crippen LogP contribution in [-0.2, 0) is 11.8 Å². The molecule has 0 radical (unpaired) electrons. The Morgan fingerprint density at radius 1 is 1.30 bits per heavy atom. The molecule has 0 atom stereocenters. The van der Waals surface area contributed by atoms with Crippen molar-refractivity contribution in [2.45, 2.75) is 18.9 Å². The first kappa shape index (κ1) is 14.8. The van der Waals surface area contributed by atoms with Crippen LogP contribution in [0, 0.1) is 5.82 Å². The highest BCUT2D eigenvalue weighted by molar-refractivity contribution is 9.10. The minimum absolute atomic E-state index is 0.0520. The molecule has 0 amide bonds. The van der Waals surface area contributed by atoms with Crippen molar-refractivity contribution >= 4 is 38.0 Å². The van der Waals surface area contributed by atoms with E-state index in [1.807, 2.05) is 0 Å². The number of hydrogen-bond donors (Lipinski definition) is 0. The molecule has 6 nitrogen and oxygen atoms in total. The molecule has 0 spiro atoms. The van der Waals surface area contributed by atoms with Gasteiger partial charge in [0.05, 0.1) is 9.99 Å². The zero-order chi connectivity index (χ0) is 16.1. The fourth-order valence-corrected chi connectivity index (χ4v) is 3.51. The summed E-state index contributed by atoms with van der Waals surface area (Å²) in [5.41, 5.74) is 1.52. The third-order valence-electron chi connectivity index (χ3n) is 4.37. The fraction of sp³-hybridized carbons (Fsp3) is 0.400. The largest absolute Gasteiger partial charge is 0.381 e. The zero-order valence-electron chi connectivity index (χ0n) is 12.4. The summed E-state index contributed by atoms with van der Waals surface area (Å²) in [6.07, 6.45) is 1.54. The third kappa shape index (κ3) is 2.20. The van der Waals surface area contributed by atoms with Crippen molar-refractivity contribution in [1.29, 1.82) is 0 Å². The standard InChI is InChI=1S/C15H14BrFN4O2/c1-20-14-13(21(15(20)22)8-2-4-23-5-3-8)9-6-10(16)11(17)7-12(9)18-19-14/h6-8H,2-5H2,1H3. The van der Waals surface area contributed by atoms with Gasteiger partial charge in [0, 0.05) is 37.8 Å². The van der Waals surface area contributed by atoms with E-state index in [1.54, 1.807) is 17.7 Å². The quantitative estimate of drug-likeness (QED) is 0.650. The van der Waals surface area contributed by atoms with E-state index in [9.17, 15) is 9.18 Å². The summed E-state index contributed by atoms with van der Waals surface area (Å²) in [7, 11) is 1.68. The molecule has 1 aromatic carbocycles. The molecule has 1 aliphatic heterocycles. The van der Waals surface area contributed by atoms with E-state index < -0.39 is 5.82 Å². The monoisotopic (exact) mass is 380 g/mol. The van der Waals surface area contributed by atoms with E-state index >= 15 is 0 Å². The van der Waals surface area contributed by atoms with Crippen molar-refractivity contribution in [3.8, 4) is 0 Å². The number of hydrogen-bond acceptors (Lipinski definition) is 4. The number of aryl methyl sites for hydroxylation is 1. The molecule has 8 heteroatoms. The topological polar surface area (TPSA) is 61.9 Å². The van der Waals surface area contributed by atoms with Crippen LogP contribution in [-0.4, -0.2) is 32.5 Å². The van der Waals surface area contributed by atoms with E-state index in [2.05, 4.69) is 26.1 Å². The van der Waals surface area contributed by atoms with E-state index in [1.165, 1.54) is 10.6 Å². The first-order valence-electron chi connectivity index (χ1n) is 7.38. The Morgan fingerprint density at radius 2 is 2.04 bits per heavy atom. The second-order valence-corrected chi connectivity index (χ2v) is 6.57. The Morgan fingerprint density at radius 3 is 2.78 bits per heavy atom. The molecule has 4 rings (SSSR count). The summed E-state index contributed by atoms with van der Waals surface area (Å²) < 4.78 is 22.8. The zero-order valence-corrected chi connectivity index (χ0v) is 14.0. The Balaban J connectivity index is 2.11. The average molecular weight is 381 g/mol. The van der Waals surface area contributed by atoms with E-state index in [0.717, 1.165) is 12.8 Å². The lowest BCUT2D eigenvalue weighted by Gasteiger charge is -2.23. The minimum atomic E-state index is -0.401. The average Bonchev–Trinajstić information content (AvgIpc) is 2.81. The molecule has 0 saturated carbocycles. The molecule has 2 aromatic heterocycles. The Bertz CT molecular complexity index is 975. The second kappa shape index (κ2) is 5.38. The summed E-state index contributed by atoms with van der Waals surface area (Å²) >= 11 is 3.21. The lowest BCUT2D eigenvalue weighted by Crippen LogP contribution is -2.29. The highest BCUT2D eigenvalue weighted by atomic mass is 79.9. The SMILES string of the molecule is Cn1c(=O)n(C2CCOCC2)c2c3cc(Br)c(F)cc3nnc21. The summed E-state index contributed by atoms with van der Waals surface area (Å²) in [6, 6.07) is 3.05. The van der Waals surface area contributed by atoms with Crippen molar-refractivity contribution in [3.05, 3.63) is 32.9 Å². The number of benzene rings is 1. The lowest BCUT2D eigenvalue weighted by molar-refractivity contribution is 0.0697. The molecule has 3 aromatic rings. The Labute approximate surface area is 139 Å². The van der Waals surface area contributed by atoms with Crippen LogP contribution >= 0.6 is 15.9 Å². The van der Waals surface area contributed by atoms with Gasteiger partial charge < -0.3 is 4.74 Å². The highest BCUT2D eigenvalue weighted by Crippen LogP contribution is 2.30. The van der Waals surface area contributed by atoms with Crippen LogP contribution in [0.5, 0.6) is 0 Å². The number of aromatic nitrogens is 4. The smallest absolute Gasteiger partial charge is 0.330 e. The number of imidazole rings is 1. The number of nitrogens with zero attached hydrogens (tertiary/aromatic N) is 4. The van der Waals surface area contributed by atoms with Crippen LogP contribution < -0.4 is 5.69 Å². The summed E-state index contributed by atoms with van der Waals surface area (Å²) in [4.78, 5) is 12.7. The molecule has 0 bridgehead atoms. The Hall–Kier alpha value is -1.80.